The maximum absolute atomic E-state index is 12.6. The Labute approximate surface area is 193 Å². The number of benzene rings is 1. The molecule has 178 valence electrons. The first-order chi connectivity index (χ1) is 15.6. The highest BCUT2D eigenvalue weighted by Gasteiger charge is 2.41. The molecule has 33 heavy (non-hydrogen) atoms. The van der Waals surface area contributed by atoms with E-state index in [9.17, 15) is 23.1 Å². The van der Waals surface area contributed by atoms with Crippen molar-refractivity contribution in [3.8, 4) is 5.75 Å². The molecule has 2 heterocycles. The number of ether oxygens (including phenoxy) is 2. The molecule has 4 rings (SSSR count). The van der Waals surface area contributed by atoms with Gasteiger partial charge in [0.1, 0.15) is 5.75 Å². The summed E-state index contributed by atoms with van der Waals surface area (Å²) in [5.74, 6) is -0.0630. The SMILES string of the molecule is C=C(CCn1ccc([C@H]2C[C@@H](OC(F)(F)F)C2)n1)NC(=O)[C@H]1C[C@@H](O)c2cc(Cl)ccc2O1. The Morgan fingerprint density at radius 1 is 1.33 bits per heavy atom. The number of rotatable bonds is 7. The van der Waals surface area contributed by atoms with Crippen molar-refractivity contribution < 1.29 is 32.5 Å². The lowest BCUT2D eigenvalue weighted by molar-refractivity contribution is -0.351. The Balaban J connectivity index is 1.23. The number of alkyl halides is 3. The van der Waals surface area contributed by atoms with Crippen LogP contribution in [0.3, 0.4) is 0 Å². The molecule has 1 saturated carbocycles. The molecule has 1 amide bonds. The van der Waals surface area contributed by atoms with Gasteiger partial charge in [0.2, 0.25) is 0 Å². The van der Waals surface area contributed by atoms with Gasteiger partial charge in [-0.25, -0.2) is 0 Å². The third-order valence-corrected chi connectivity index (χ3v) is 5.98. The van der Waals surface area contributed by atoms with Crippen LogP contribution in [0.1, 0.15) is 49.0 Å². The molecule has 2 N–H and O–H groups in total. The lowest BCUT2D eigenvalue weighted by Crippen LogP contribution is -2.41. The van der Waals surface area contributed by atoms with Gasteiger partial charge in [-0.05, 0) is 37.1 Å². The van der Waals surface area contributed by atoms with Gasteiger partial charge >= 0.3 is 6.36 Å². The van der Waals surface area contributed by atoms with Crippen LogP contribution in [0.25, 0.3) is 0 Å². The molecule has 7 nitrogen and oxygen atoms in total. The second-order valence-electron chi connectivity index (χ2n) is 8.24. The van der Waals surface area contributed by atoms with E-state index in [0.717, 1.165) is 5.69 Å². The molecule has 0 radical (unpaired) electrons. The first-order valence-corrected chi connectivity index (χ1v) is 10.9. The van der Waals surface area contributed by atoms with Gasteiger partial charge in [0.15, 0.2) is 6.10 Å². The van der Waals surface area contributed by atoms with Gasteiger partial charge in [0.25, 0.3) is 5.91 Å². The number of nitrogens with one attached hydrogen (secondary N) is 1. The highest BCUT2D eigenvalue weighted by molar-refractivity contribution is 6.30. The molecule has 2 aliphatic rings. The predicted molar refractivity (Wildman–Crippen MR) is 112 cm³/mol. The molecule has 11 heteroatoms. The molecule has 0 saturated heterocycles. The Morgan fingerprint density at radius 2 is 2.09 bits per heavy atom. The quantitative estimate of drug-likeness (QED) is 0.613. The average molecular weight is 486 g/mol. The van der Waals surface area contributed by atoms with Gasteiger partial charge in [-0.15, -0.1) is 13.2 Å². The maximum atomic E-state index is 12.6. The van der Waals surface area contributed by atoms with Gasteiger partial charge in [0.05, 0.1) is 17.9 Å². The van der Waals surface area contributed by atoms with Crippen LogP contribution in [0, 0.1) is 0 Å². The zero-order valence-electron chi connectivity index (χ0n) is 17.5. The Kier molecular flexibility index (Phi) is 6.69. The third-order valence-electron chi connectivity index (χ3n) is 5.75. The molecule has 1 aromatic carbocycles. The first-order valence-electron chi connectivity index (χ1n) is 10.5. The zero-order valence-corrected chi connectivity index (χ0v) is 18.3. The number of aliphatic hydroxyl groups is 1. The number of aryl methyl sites for hydroxylation is 1. The van der Waals surface area contributed by atoms with E-state index in [0.29, 0.717) is 35.0 Å². The molecular weight excluding hydrogens is 463 g/mol. The van der Waals surface area contributed by atoms with Crippen molar-refractivity contribution in [2.45, 2.75) is 62.8 Å². The van der Waals surface area contributed by atoms with Crippen LogP contribution in [0.15, 0.2) is 42.7 Å². The number of hydrogen-bond acceptors (Lipinski definition) is 5. The minimum Gasteiger partial charge on any atom is -0.480 e. The maximum Gasteiger partial charge on any atom is 0.522 e. The number of halogens is 4. The lowest BCUT2D eigenvalue weighted by atomic mass is 9.80. The minimum atomic E-state index is -4.61. The minimum absolute atomic E-state index is 0.0610. The number of aliphatic hydroxyl groups excluding tert-OH is 1. The van der Waals surface area contributed by atoms with E-state index in [-0.39, 0.29) is 25.2 Å². The number of carbonyl (C=O) groups is 1. The van der Waals surface area contributed by atoms with Crippen molar-refractivity contribution in [1.82, 2.24) is 15.1 Å². The van der Waals surface area contributed by atoms with Crippen molar-refractivity contribution in [2.24, 2.45) is 0 Å². The van der Waals surface area contributed by atoms with Crippen LogP contribution in [-0.4, -0.2) is 39.4 Å². The summed E-state index contributed by atoms with van der Waals surface area (Å²) in [6, 6.07) is 6.62. The van der Waals surface area contributed by atoms with E-state index in [1.54, 1.807) is 35.1 Å². The molecule has 0 unspecified atom stereocenters. The van der Waals surface area contributed by atoms with Gasteiger partial charge in [-0.1, -0.05) is 18.2 Å². The summed E-state index contributed by atoms with van der Waals surface area (Å²) >= 11 is 5.94. The fourth-order valence-corrected chi connectivity index (χ4v) is 4.14. The molecule has 1 aliphatic heterocycles. The number of nitrogens with zero attached hydrogens (tertiary/aromatic N) is 2. The lowest BCUT2D eigenvalue weighted by Gasteiger charge is -2.34. The fourth-order valence-electron chi connectivity index (χ4n) is 3.96. The van der Waals surface area contributed by atoms with Crippen molar-refractivity contribution in [2.75, 3.05) is 0 Å². The van der Waals surface area contributed by atoms with Crippen LogP contribution in [-0.2, 0) is 16.1 Å². The Morgan fingerprint density at radius 3 is 2.82 bits per heavy atom. The van der Waals surface area contributed by atoms with Crippen LogP contribution >= 0.6 is 11.6 Å². The second kappa shape index (κ2) is 9.36. The van der Waals surface area contributed by atoms with Crippen LogP contribution in [0.5, 0.6) is 5.75 Å². The van der Waals surface area contributed by atoms with Crippen molar-refractivity contribution in [1.29, 1.82) is 0 Å². The molecule has 0 spiro atoms. The van der Waals surface area contributed by atoms with Crippen molar-refractivity contribution in [3.05, 3.63) is 59.0 Å². The summed E-state index contributed by atoms with van der Waals surface area (Å²) in [4.78, 5) is 12.6. The molecular formula is C22H23ClF3N3O4. The first kappa shape index (κ1) is 23.6. The van der Waals surface area contributed by atoms with E-state index >= 15 is 0 Å². The fraction of sp³-hybridized carbons (Fsp3) is 0.455. The summed E-state index contributed by atoms with van der Waals surface area (Å²) < 4.78 is 48.1. The second-order valence-corrected chi connectivity index (χ2v) is 8.68. The molecule has 2 aromatic rings. The Bertz CT molecular complexity index is 1040. The number of hydrogen-bond donors (Lipinski definition) is 2. The number of carbonyl (C=O) groups excluding carboxylic acids is 1. The highest BCUT2D eigenvalue weighted by Crippen LogP contribution is 2.40. The van der Waals surface area contributed by atoms with E-state index in [1.807, 2.05) is 0 Å². The van der Waals surface area contributed by atoms with Crippen LogP contribution < -0.4 is 10.1 Å². The van der Waals surface area contributed by atoms with Crippen molar-refractivity contribution in [3.63, 3.8) is 0 Å². The summed E-state index contributed by atoms with van der Waals surface area (Å²) in [6.07, 6.45) is -4.38. The van der Waals surface area contributed by atoms with E-state index in [1.165, 1.54) is 0 Å². The summed E-state index contributed by atoms with van der Waals surface area (Å²) in [5, 5.41) is 17.9. The zero-order chi connectivity index (χ0) is 23.8. The Hall–Kier alpha value is -2.56. The molecule has 1 aliphatic carbocycles. The number of fused-ring (bicyclic) bond motifs is 1. The van der Waals surface area contributed by atoms with Gasteiger partial charge in [-0.3, -0.25) is 14.2 Å². The smallest absolute Gasteiger partial charge is 0.480 e. The summed E-state index contributed by atoms with van der Waals surface area (Å²) in [6.45, 7) is 4.30. The van der Waals surface area contributed by atoms with Gasteiger partial charge < -0.3 is 15.2 Å². The molecule has 0 bridgehead atoms. The largest absolute Gasteiger partial charge is 0.522 e. The standard InChI is InChI=1S/C22H23ClF3N3O4/c1-12(27-21(31)20-11-18(30)16-10-14(23)2-3-19(16)32-20)4-6-29-7-5-17(28-29)13-8-15(9-13)33-22(24,25)26/h2-3,5,7,10,13,15,18,20,30H,1,4,6,8-9,11H2,(H,27,31)/t13-,15+,18-,20-/m1/s1. The number of allylic oxidation sites excluding steroid dienone is 1. The van der Waals surface area contributed by atoms with E-state index in [4.69, 9.17) is 16.3 Å². The summed E-state index contributed by atoms with van der Waals surface area (Å²) in [7, 11) is 0. The molecule has 1 aromatic heterocycles. The monoisotopic (exact) mass is 485 g/mol. The van der Waals surface area contributed by atoms with Gasteiger partial charge in [-0.2, -0.15) is 5.10 Å². The van der Waals surface area contributed by atoms with Crippen LogP contribution in [0.4, 0.5) is 13.2 Å². The molecule has 1 fully saturated rings. The molecule has 2 atom stereocenters. The normalized spacial score (nSPS) is 24.4. The van der Waals surface area contributed by atoms with Crippen molar-refractivity contribution >= 4 is 17.5 Å². The average Bonchev–Trinajstić information content (AvgIpc) is 3.17. The van der Waals surface area contributed by atoms with Crippen LogP contribution in [0.2, 0.25) is 5.02 Å². The topological polar surface area (TPSA) is 85.6 Å². The van der Waals surface area contributed by atoms with E-state index in [2.05, 4.69) is 21.7 Å². The number of amides is 1. The van der Waals surface area contributed by atoms with E-state index < -0.39 is 30.6 Å². The summed E-state index contributed by atoms with van der Waals surface area (Å²) in [5.41, 5.74) is 1.72. The number of aromatic nitrogens is 2. The van der Waals surface area contributed by atoms with Gasteiger partial charge in [0, 0.05) is 47.8 Å². The third kappa shape index (κ3) is 5.87. The predicted octanol–water partition coefficient (Wildman–Crippen LogP) is 4.22. The highest BCUT2D eigenvalue weighted by atomic mass is 35.5.